The zero-order chi connectivity index (χ0) is 29.5. The highest BCUT2D eigenvalue weighted by molar-refractivity contribution is 6.14. The lowest BCUT2D eigenvalue weighted by atomic mass is 10.1. The first-order valence-electron chi connectivity index (χ1n) is 12.1. The summed E-state index contributed by atoms with van der Waals surface area (Å²) in [6, 6.07) is 13.1. The summed E-state index contributed by atoms with van der Waals surface area (Å²) < 4.78 is 20.9. The zero-order valence-electron chi connectivity index (χ0n) is 21.9. The van der Waals surface area contributed by atoms with Crippen molar-refractivity contribution in [2.24, 2.45) is 0 Å². The van der Waals surface area contributed by atoms with Gasteiger partial charge >= 0.3 is 17.7 Å². The van der Waals surface area contributed by atoms with E-state index in [0.717, 1.165) is 11.0 Å². The third kappa shape index (κ3) is 6.68. The fourth-order valence-electron chi connectivity index (χ4n) is 3.80. The van der Waals surface area contributed by atoms with Crippen LogP contribution in [0.15, 0.2) is 64.7 Å². The van der Waals surface area contributed by atoms with Crippen molar-refractivity contribution in [3.8, 4) is 11.5 Å². The van der Waals surface area contributed by atoms with E-state index < -0.39 is 41.0 Å². The highest BCUT2D eigenvalue weighted by atomic mass is 16.6. The van der Waals surface area contributed by atoms with E-state index in [0.29, 0.717) is 5.69 Å². The molecule has 0 radical (unpaired) electrons. The Hall–Kier alpha value is -5.66. The number of rotatable bonds is 11. The predicted octanol–water partition coefficient (Wildman–Crippen LogP) is 3.48. The van der Waals surface area contributed by atoms with Gasteiger partial charge in [0.2, 0.25) is 11.5 Å². The normalized spacial score (nSPS) is 13.6. The Morgan fingerprint density at radius 1 is 1.12 bits per heavy atom. The topological polar surface area (TPSA) is 180 Å². The van der Waals surface area contributed by atoms with E-state index in [1.807, 2.05) is 0 Å². The van der Waals surface area contributed by atoms with E-state index in [-0.39, 0.29) is 47.4 Å². The second-order valence-corrected chi connectivity index (χ2v) is 8.40. The van der Waals surface area contributed by atoms with Gasteiger partial charge in [0, 0.05) is 11.8 Å². The summed E-state index contributed by atoms with van der Waals surface area (Å²) in [5, 5.41) is 16.9. The van der Waals surface area contributed by atoms with Crippen LogP contribution >= 0.6 is 0 Å². The van der Waals surface area contributed by atoms with Crippen LogP contribution in [0.5, 0.6) is 11.5 Å². The maximum absolute atomic E-state index is 13.0. The molecule has 3 aromatic rings. The number of nitrogens with one attached hydrogen (secondary N) is 2. The van der Waals surface area contributed by atoms with Gasteiger partial charge in [-0.3, -0.25) is 24.6 Å². The minimum Gasteiger partial charge on any atom is -0.490 e. The molecule has 2 aromatic carbocycles. The van der Waals surface area contributed by atoms with Gasteiger partial charge in [0.1, 0.15) is 11.5 Å². The molecule has 4 amide bonds. The molecule has 1 saturated heterocycles. The molecule has 14 nitrogen and oxygen atoms in total. The minimum absolute atomic E-state index is 0.0411. The number of para-hydroxylation sites is 1. The number of benzene rings is 2. The van der Waals surface area contributed by atoms with Crippen molar-refractivity contribution in [3.05, 3.63) is 87.5 Å². The largest absolute Gasteiger partial charge is 0.490 e. The van der Waals surface area contributed by atoms with Crippen molar-refractivity contribution < 1.29 is 42.7 Å². The fraction of sp³-hybridized carbons (Fsp3) is 0.185. The SMILES string of the molecule is CCOc1cc(/C=C2\NC(=O)N(Cc3ccc(C(=O)OC)o3)C2=O)cc([N+](=O)[O-])c1OCC(=O)Nc1ccccc1. The highest BCUT2D eigenvalue weighted by Crippen LogP contribution is 2.39. The van der Waals surface area contributed by atoms with Gasteiger partial charge in [-0.05, 0) is 48.9 Å². The summed E-state index contributed by atoms with van der Waals surface area (Å²) in [5.41, 5.74) is -0.00847. The van der Waals surface area contributed by atoms with E-state index in [1.54, 1.807) is 37.3 Å². The Bertz CT molecular complexity index is 1530. The van der Waals surface area contributed by atoms with Gasteiger partial charge in [-0.25, -0.2) is 9.59 Å². The summed E-state index contributed by atoms with van der Waals surface area (Å²) >= 11 is 0. The third-order valence-corrected chi connectivity index (χ3v) is 5.59. The number of amides is 4. The number of furan rings is 1. The maximum atomic E-state index is 13.0. The van der Waals surface area contributed by atoms with Crippen molar-refractivity contribution in [3.63, 3.8) is 0 Å². The van der Waals surface area contributed by atoms with E-state index in [9.17, 15) is 29.3 Å². The number of nitro groups is 1. The number of methoxy groups -OCH3 is 1. The molecule has 0 bridgehead atoms. The number of carbonyl (C=O) groups is 4. The van der Waals surface area contributed by atoms with Gasteiger partial charge in [-0.2, -0.15) is 0 Å². The first kappa shape index (κ1) is 28.4. The third-order valence-electron chi connectivity index (χ3n) is 5.59. The Balaban J connectivity index is 1.55. The summed E-state index contributed by atoms with van der Waals surface area (Å²) in [4.78, 5) is 61.4. The molecule has 2 heterocycles. The van der Waals surface area contributed by atoms with Gasteiger partial charge in [0.25, 0.3) is 11.8 Å². The molecule has 0 unspecified atom stereocenters. The number of hydrogen-bond donors (Lipinski definition) is 2. The molecule has 41 heavy (non-hydrogen) atoms. The maximum Gasteiger partial charge on any atom is 0.373 e. The van der Waals surface area contributed by atoms with Gasteiger partial charge < -0.3 is 29.3 Å². The van der Waals surface area contributed by atoms with Gasteiger partial charge in [-0.1, -0.05) is 18.2 Å². The number of urea groups is 1. The molecule has 1 aliphatic rings. The number of ether oxygens (including phenoxy) is 3. The van der Waals surface area contributed by atoms with E-state index in [1.165, 1.54) is 31.4 Å². The quantitative estimate of drug-likeness (QED) is 0.115. The van der Waals surface area contributed by atoms with Crippen molar-refractivity contribution in [1.29, 1.82) is 0 Å². The zero-order valence-corrected chi connectivity index (χ0v) is 21.9. The lowest BCUT2D eigenvalue weighted by Crippen LogP contribution is -2.30. The second-order valence-electron chi connectivity index (χ2n) is 8.40. The first-order valence-corrected chi connectivity index (χ1v) is 12.1. The number of carbonyl (C=O) groups excluding carboxylic acids is 4. The Morgan fingerprint density at radius 2 is 1.88 bits per heavy atom. The van der Waals surface area contributed by atoms with Crippen molar-refractivity contribution in [1.82, 2.24) is 10.2 Å². The number of anilines is 1. The van der Waals surface area contributed by atoms with Crippen LogP contribution in [0.4, 0.5) is 16.2 Å². The summed E-state index contributed by atoms with van der Waals surface area (Å²) in [7, 11) is 1.18. The smallest absolute Gasteiger partial charge is 0.373 e. The fourth-order valence-corrected chi connectivity index (χ4v) is 3.80. The van der Waals surface area contributed by atoms with E-state index >= 15 is 0 Å². The van der Waals surface area contributed by atoms with Crippen LogP contribution in [0.25, 0.3) is 6.08 Å². The molecule has 0 saturated carbocycles. The van der Waals surface area contributed by atoms with Crippen LogP contribution < -0.4 is 20.1 Å². The molecular weight excluding hydrogens is 540 g/mol. The molecular formula is C27H24N4O10. The van der Waals surface area contributed by atoms with E-state index in [2.05, 4.69) is 15.4 Å². The van der Waals surface area contributed by atoms with Crippen LogP contribution in [0.3, 0.4) is 0 Å². The number of nitro benzene ring substituents is 1. The lowest BCUT2D eigenvalue weighted by molar-refractivity contribution is -0.385. The molecule has 1 fully saturated rings. The summed E-state index contributed by atoms with van der Waals surface area (Å²) in [6.07, 6.45) is 1.24. The first-order chi connectivity index (χ1) is 19.7. The van der Waals surface area contributed by atoms with Crippen molar-refractivity contribution >= 4 is 41.3 Å². The molecule has 1 aliphatic heterocycles. The standard InChI is InChI=1S/C27H24N4O10/c1-3-39-22-13-16(12-20(31(36)37)24(22)40-15-23(32)28-17-7-5-4-6-8-17)11-19-25(33)30(27(35)29-19)14-18-9-10-21(41-18)26(34)38-2/h4-13H,3,14-15H2,1-2H3,(H,28,32)(H,29,35)/b19-11-. The molecule has 0 spiro atoms. The van der Waals surface area contributed by atoms with Crippen LogP contribution in [-0.2, 0) is 20.9 Å². The van der Waals surface area contributed by atoms with Crippen LogP contribution in [0, 0.1) is 10.1 Å². The monoisotopic (exact) mass is 564 g/mol. The average molecular weight is 565 g/mol. The Morgan fingerprint density at radius 3 is 2.56 bits per heavy atom. The minimum atomic E-state index is -0.763. The predicted molar refractivity (Wildman–Crippen MR) is 142 cm³/mol. The Labute approximate surface area is 232 Å². The van der Waals surface area contributed by atoms with Crippen molar-refractivity contribution in [2.75, 3.05) is 25.6 Å². The summed E-state index contributed by atoms with van der Waals surface area (Å²) in [5.74, 6) is -2.25. The molecule has 212 valence electrons. The van der Waals surface area contributed by atoms with Gasteiger partial charge in [0.05, 0.1) is 25.2 Å². The number of hydrogen-bond acceptors (Lipinski definition) is 10. The molecule has 1 aromatic heterocycles. The number of nitrogens with zero attached hydrogens (tertiary/aromatic N) is 2. The van der Waals surface area contributed by atoms with E-state index in [4.69, 9.17) is 13.9 Å². The molecule has 14 heteroatoms. The molecule has 0 atom stereocenters. The van der Waals surface area contributed by atoms with Gasteiger partial charge in [0.15, 0.2) is 12.4 Å². The van der Waals surface area contributed by atoms with Gasteiger partial charge in [-0.15, -0.1) is 0 Å². The van der Waals surface area contributed by atoms with Crippen molar-refractivity contribution in [2.45, 2.75) is 13.5 Å². The number of esters is 1. The highest BCUT2D eigenvalue weighted by Gasteiger charge is 2.35. The van der Waals surface area contributed by atoms with Crippen LogP contribution in [0.2, 0.25) is 0 Å². The van der Waals surface area contributed by atoms with Crippen LogP contribution in [-0.4, -0.2) is 54.0 Å². The molecule has 4 rings (SSSR count). The summed E-state index contributed by atoms with van der Waals surface area (Å²) in [6.45, 7) is 0.955. The average Bonchev–Trinajstić information content (AvgIpc) is 3.52. The second kappa shape index (κ2) is 12.5. The molecule has 2 N–H and O–H groups in total. The number of imide groups is 1. The molecule has 0 aliphatic carbocycles. The van der Waals surface area contributed by atoms with Crippen LogP contribution in [0.1, 0.15) is 28.8 Å². The Kier molecular flexibility index (Phi) is 8.62. The lowest BCUT2D eigenvalue weighted by Gasteiger charge is -2.13.